The van der Waals surface area contributed by atoms with Crippen molar-refractivity contribution < 1.29 is 9.53 Å². The van der Waals surface area contributed by atoms with Crippen molar-refractivity contribution in [2.75, 3.05) is 5.73 Å². The van der Waals surface area contributed by atoms with Gasteiger partial charge >= 0.3 is 0 Å². The number of hydrogen-bond donors (Lipinski definition) is 2. The van der Waals surface area contributed by atoms with Crippen LogP contribution in [0.1, 0.15) is 29.6 Å². The van der Waals surface area contributed by atoms with Gasteiger partial charge in [-0.1, -0.05) is 11.6 Å². The highest BCUT2D eigenvalue weighted by Crippen LogP contribution is 2.34. The fourth-order valence-corrected chi connectivity index (χ4v) is 3.03. The van der Waals surface area contributed by atoms with Gasteiger partial charge < -0.3 is 15.8 Å². The fraction of sp³-hybridized carbons (Fsp3) is 0.462. The summed E-state index contributed by atoms with van der Waals surface area (Å²) < 4.78 is 5.70. The fourth-order valence-electron chi connectivity index (χ4n) is 2.78. The minimum atomic E-state index is -0.134. The summed E-state index contributed by atoms with van der Waals surface area (Å²) in [7, 11) is 0. The third-order valence-corrected chi connectivity index (χ3v) is 3.82. The highest BCUT2D eigenvalue weighted by atomic mass is 35.5. The number of ether oxygens (including phenoxy) is 1. The van der Waals surface area contributed by atoms with E-state index in [4.69, 9.17) is 22.1 Å². The number of benzene rings is 1. The largest absolute Gasteiger partial charge is 0.399 e. The van der Waals surface area contributed by atoms with Crippen LogP contribution in [0.3, 0.4) is 0 Å². The Kier molecular flexibility index (Phi) is 2.92. The number of amides is 1. The van der Waals surface area contributed by atoms with E-state index in [0.717, 1.165) is 19.3 Å². The Hall–Kier alpha value is -1.26. The number of hydrogen-bond acceptors (Lipinski definition) is 3. The van der Waals surface area contributed by atoms with Crippen LogP contribution < -0.4 is 11.1 Å². The molecule has 2 bridgehead atoms. The first-order chi connectivity index (χ1) is 8.61. The number of carbonyl (C=O) groups excluding carboxylic acids is 1. The summed E-state index contributed by atoms with van der Waals surface area (Å²) >= 11 is 5.89. The maximum atomic E-state index is 12.1. The van der Waals surface area contributed by atoms with Gasteiger partial charge in [-0.05, 0) is 37.5 Å². The molecular formula is C13H15ClN2O2. The van der Waals surface area contributed by atoms with E-state index in [0.29, 0.717) is 22.4 Å². The van der Waals surface area contributed by atoms with Crippen LogP contribution in [-0.4, -0.2) is 24.2 Å². The van der Waals surface area contributed by atoms with E-state index in [1.807, 2.05) is 0 Å². The Bertz CT molecular complexity index is 472. The topological polar surface area (TPSA) is 64.4 Å². The molecule has 0 aliphatic carbocycles. The molecule has 0 radical (unpaired) electrons. The molecule has 1 amide bonds. The highest BCUT2D eigenvalue weighted by molar-refractivity contribution is 6.31. The molecule has 3 unspecified atom stereocenters. The van der Waals surface area contributed by atoms with Crippen molar-refractivity contribution in [2.45, 2.75) is 37.5 Å². The van der Waals surface area contributed by atoms with Gasteiger partial charge in [0.2, 0.25) is 0 Å². The molecule has 96 valence electrons. The average molecular weight is 267 g/mol. The van der Waals surface area contributed by atoms with Gasteiger partial charge in [-0.25, -0.2) is 0 Å². The predicted octanol–water partition coefficient (Wildman–Crippen LogP) is 1.97. The molecule has 0 spiro atoms. The van der Waals surface area contributed by atoms with Crippen molar-refractivity contribution in [2.24, 2.45) is 0 Å². The summed E-state index contributed by atoms with van der Waals surface area (Å²) in [5, 5.41) is 3.48. The van der Waals surface area contributed by atoms with E-state index >= 15 is 0 Å². The first-order valence-electron chi connectivity index (χ1n) is 6.14. The van der Waals surface area contributed by atoms with Crippen LogP contribution in [0.4, 0.5) is 5.69 Å². The smallest absolute Gasteiger partial charge is 0.251 e. The first-order valence-corrected chi connectivity index (χ1v) is 6.52. The zero-order valence-electron chi connectivity index (χ0n) is 9.86. The number of nitrogens with two attached hydrogens (primary N) is 1. The van der Waals surface area contributed by atoms with Gasteiger partial charge in [0.1, 0.15) is 0 Å². The Morgan fingerprint density at radius 3 is 2.83 bits per heavy atom. The zero-order chi connectivity index (χ0) is 12.7. The van der Waals surface area contributed by atoms with Crippen molar-refractivity contribution in [3.8, 4) is 0 Å². The van der Waals surface area contributed by atoms with Crippen LogP contribution in [-0.2, 0) is 4.74 Å². The van der Waals surface area contributed by atoms with E-state index in [2.05, 4.69) is 5.32 Å². The van der Waals surface area contributed by atoms with E-state index in [9.17, 15) is 4.79 Å². The van der Waals surface area contributed by atoms with Gasteiger partial charge in [0.05, 0.1) is 18.2 Å². The molecule has 2 fully saturated rings. The van der Waals surface area contributed by atoms with Gasteiger partial charge in [-0.15, -0.1) is 0 Å². The van der Waals surface area contributed by atoms with E-state index in [1.54, 1.807) is 18.2 Å². The molecule has 2 heterocycles. The van der Waals surface area contributed by atoms with E-state index in [1.165, 1.54) is 0 Å². The molecule has 0 aromatic heterocycles. The molecule has 1 aromatic rings. The number of nitrogens with one attached hydrogen (secondary N) is 1. The van der Waals surface area contributed by atoms with Crippen LogP contribution in [0.5, 0.6) is 0 Å². The number of anilines is 1. The number of fused-ring (bicyclic) bond motifs is 2. The highest BCUT2D eigenvalue weighted by Gasteiger charge is 2.41. The van der Waals surface area contributed by atoms with Crippen molar-refractivity contribution in [1.29, 1.82) is 0 Å². The molecule has 3 N–H and O–H groups in total. The van der Waals surface area contributed by atoms with Gasteiger partial charge in [0.25, 0.3) is 5.91 Å². The van der Waals surface area contributed by atoms with Crippen LogP contribution in [0, 0.1) is 0 Å². The summed E-state index contributed by atoms with van der Waals surface area (Å²) in [6.07, 6.45) is 3.56. The minimum Gasteiger partial charge on any atom is -0.399 e. The summed E-state index contributed by atoms with van der Waals surface area (Å²) in [4.78, 5) is 12.1. The van der Waals surface area contributed by atoms with Crippen LogP contribution >= 0.6 is 11.6 Å². The number of halogens is 1. The lowest BCUT2D eigenvalue weighted by molar-refractivity contribution is 0.0841. The van der Waals surface area contributed by atoms with Crippen molar-refractivity contribution in [3.05, 3.63) is 28.8 Å². The molecule has 18 heavy (non-hydrogen) atoms. The predicted molar refractivity (Wildman–Crippen MR) is 69.6 cm³/mol. The maximum absolute atomic E-state index is 12.1. The summed E-state index contributed by atoms with van der Waals surface area (Å²) in [5.74, 6) is -0.134. The second kappa shape index (κ2) is 4.44. The first kappa shape index (κ1) is 11.8. The summed E-state index contributed by atoms with van der Waals surface area (Å²) in [5.41, 5.74) is 6.68. The number of nitrogen functional groups attached to an aromatic ring is 1. The monoisotopic (exact) mass is 266 g/mol. The van der Waals surface area contributed by atoms with Crippen LogP contribution in [0.25, 0.3) is 0 Å². The zero-order valence-corrected chi connectivity index (χ0v) is 10.6. The summed E-state index contributed by atoms with van der Waals surface area (Å²) in [6, 6.07) is 5.01. The van der Waals surface area contributed by atoms with Gasteiger partial charge in [-0.2, -0.15) is 0 Å². The molecule has 2 aliphatic rings. The van der Waals surface area contributed by atoms with Gasteiger partial charge in [0.15, 0.2) is 0 Å². The number of carbonyl (C=O) groups is 1. The van der Waals surface area contributed by atoms with Gasteiger partial charge in [-0.3, -0.25) is 4.79 Å². The molecule has 2 saturated heterocycles. The second-order valence-electron chi connectivity index (χ2n) is 4.96. The molecular weight excluding hydrogens is 252 g/mol. The van der Waals surface area contributed by atoms with Gasteiger partial charge in [0, 0.05) is 16.3 Å². The Morgan fingerprint density at radius 1 is 1.39 bits per heavy atom. The molecule has 0 saturated carbocycles. The maximum Gasteiger partial charge on any atom is 0.251 e. The van der Waals surface area contributed by atoms with Crippen LogP contribution in [0.2, 0.25) is 5.02 Å². The van der Waals surface area contributed by atoms with E-state index in [-0.39, 0.29) is 18.1 Å². The third-order valence-electron chi connectivity index (χ3n) is 3.60. The SMILES string of the molecule is Nc1cc(Cl)cc(C(=O)NC2CC3CCC2O3)c1. The molecule has 1 aromatic carbocycles. The van der Waals surface area contributed by atoms with E-state index < -0.39 is 0 Å². The normalized spacial score (nSPS) is 29.5. The van der Waals surface area contributed by atoms with Crippen molar-refractivity contribution in [1.82, 2.24) is 5.32 Å². The number of rotatable bonds is 2. The second-order valence-corrected chi connectivity index (χ2v) is 5.40. The van der Waals surface area contributed by atoms with Crippen molar-refractivity contribution in [3.63, 3.8) is 0 Å². The Balaban J connectivity index is 1.71. The lowest BCUT2D eigenvalue weighted by Crippen LogP contribution is -2.41. The summed E-state index contributed by atoms with van der Waals surface area (Å²) in [6.45, 7) is 0. The molecule has 4 nitrogen and oxygen atoms in total. The molecule has 2 aliphatic heterocycles. The Morgan fingerprint density at radius 2 is 2.22 bits per heavy atom. The average Bonchev–Trinajstić information content (AvgIpc) is 2.89. The minimum absolute atomic E-state index is 0.122. The Labute approximate surface area is 110 Å². The molecule has 3 rings (SSSR count). The van der Waals surface area contributed by atoms with Crippen LogP contribution in [0.15, 0.2) is 18.2 Å². The quantitative estimate of drug-likeness (QED) is 0.805. The molecule has 5 heteroatoms. The van der Waals surface area contributed by atoms with Crippen molar-refractivity contribution >= 4 is 23.2 Å². The molecule has 3 atom stereocenters. The lowest BCUT2D eigenvalue weighted by Gasteiger charge is -2.20. The standard InChI is InChI=1S/C13H15ClN2O2/c14-8-3-7(4-9(15)5-8)13(17)16-11-6-10-1-2-12(11)18-10/h3-5,10-12H,1-2,6,15H2,(H,16,17). The lowest BCUT2D eigenvalue weighted by atomic mass is 9.95. The third kappa shape index (κ3) is 2.18.